The van der Waals surface area contributed by atoms with Gasteiger partial charge in [-0.1, -0.05) is 6.92 Å². The highest BCUT2D eigenvalue weighted by Crippen LogP contribution is 2.48. The molecular formula is C17H27B2N5O6P2. The van der Waals surface area contributed by atoms with Crippen LogP contribution in [0, 0.1) is 11.8 Å². The van der Waals surface area contributed by atoms with Gasteiger partial charge in [0.15, 0.2) is 16.0 Å². The van der Waals surface area contributed by atoms with Gasteiger partial charge < -0.3 is 34.0 Å². The third-order valence-electron chi connectivity index (χ3n) is 6.39. The number of β-lactam (4-membered cyclic amide) rings is 1. The molecule has 4 radical (unpaired) electrons. The standard InChI is InChI=1S/C17H27B2N5O6P2/c1-8-11(7-23-5-4-10(6-23)22(3)17(28)30-32-21-19)14(16(27)29-31-20-18)24-13(8)12(9(2)25)15(24)26/h8-10,12-13,20-21,25,31-32H,4-7H2,1-3H3/t8-,9+,10-,12?,13+/m0/s1. The lowest BCUT2D eigenvalue weighted by molar-refractivity contribution is -0.162. The molecule has 2 fully saturated rings. The predicted molar refractivity (Wildman–Crippen MR) is 122 cm³/mol. The summed E-state index contributed by atoms with van der Waals surface area (Å²) in [4.78, 5) is 47.3. The van der Waals surface area contributed by atoms with E-state index in [1.165, 1.54) is 4.90 Å². The van der Waals surface area contributed by atoms with Crippen molar-refractivity contribution in [2.75, 3.05) is 26.7 Å². The molecule has 0 aliphatic carbocycles. The van der Waals surface area contributed by atoms with E-state index < -0.39 is 33.0 Å². The summed E-state index contributed by atoms with van der Waals surface area (Å²) < 4.78 is 10.2. The van der Waals surface area contributed by atoms with E-state index in [0.717, 1.165) is 12.0 Å². The molecule has 3 heterocycles. The number of amides is 2. The summed E-state index contributed by atoms with van der Waals surface area (Å²) in [5.41, 5.74) is 1.02. The fourth-order valence-corrected chi connectivity index (χ4v) is 5.31. The van der Waals surface area contributed by atoms with Gasteiger partial charge in [-0.15, -0.1) is 0 Å². The molecule has 3 unspecified atom stereocenters. The fourth-order valence-electron chi connectivity index (χ4n) is 4.77. The molecular weight excluding hydrogens is 454 g/mol. The highest BCUT2D eigenvalue weighted by molar-refractivity contribution is 7.32. The molecule has 15 heteroatoms. The second-order valence-corrected chi connectivity index (χ2v) is 9.56. The van der Waals surface area contributed by atoms with Gasteiger partial charge in [-0.2, -0.15) is 0 Å². The van der Waals surface area contributed by atoms with E-state index in [1.54, 1.807) is 18.9 Å². The molecule has 32 heavy (non-hydrogen) atoms. The van der Waals surface area contributed by atoms with Crippen molar-refractivity contribution < 1.29 is 28.5 Å². The fraction of sp³-hybridized carbons (Fsp3) is 0.706. The molecule has 3 aliphatic rings. The number of carbonyl (C=O) groups is 3. The van der Waals surface area contributed by atoms with Gasteiger partial charge in [0.25, 0.3) is 0 Å². The highest BCUT2D eigenvalue weighted by Gasteiger charge is 2.60. The molecule has 0 aromatic rings. The molecule has 172 valence electrons. The predicted octanol–water partition coefficient (Wildman–Crippen LogP) is -0.853. The monoisotopic (exact) mass is 481 g/mol. The van der Waals surface area contributed by atoms with E-state index in [1.807, 2.05) is 6.92 Å². The molecule has 0 aromatic carbocycles. The van der Waals surface area contributed by atoms with Crippen molar-refractivity contribution in [2.45, 2.75) is 38.5 Å². The number of hydrogen-bond donors (Lipinski definition) is 3. The Balaban J connectivity index is 1.74. The Kier molecular flexibility index (Phi) is 8.58. The zero-order valence-corrected chi connectivity index (χ0v) is 20.2. The number of aliphatic hydroxyl groups excluding tert-OH is 1. The smallest absolute Gasteiger partial charge is 0.413 e. The third-order valence-corrected chi connectivity index (χ3v) is 7.19. The maximum Gasteiger partial charge on any atom is 0.413 e. The van der Waals surface area contributed by atoms with Crippen LogP contribution < -0.4 is 10.00 Å². The molecule has 3 N–H and O–H groups in total. The van der Waals surface area contributed by atoms with E-state index in [9.17, 15) is 19.5 Å². The largest absolute Gasteiger partial charge is 0.428 e. The number of nitrogens with zero attached hydrogens (tertiary/aromatic N) is 3. The first kappa shape index (κ1) is 25.4. The normalized spacial score (nSPS) is 29.1. The summed E-state index contributed by atoms with van der Waals surface area (Å²) in [5, 5.41) is 10.1. The minimum Gasteiger partial charge on any atom is -0.428 e. The van der Waals surface area contributed by atoms with Crippen molar-refractivity contribution in [1.29, 1.82) is 0 Å². The van der Waals surface area contributed by atoms with Crippen LogP contribution >= 0.6 is 17.9 Å². The molecule has 11 nitrogen and oxygen atoms in total. The number of likely N-dealkylation sites (N-methyl/N-ethyl adjacent to an activating group) is 1. The van der Waals surface area contributed by atoms with Crippen molar-refractivity contribution in [3.63, 3.8) is 0 Å². The minimum atomic E-state index is -0.810. The number of fused-ring (bicyclic) bond motifs is 1. The number of carbonyl (C=O) groups excluding carboxylic acids is 3. The van der Waals surface area contributed by atoms with Crippen molar-refractivity contribution in [2.24, 2.45) is 11.8 Å². The summed E-state index contributed by atoms with van der Waals surface area (Å²) in [6, 6.07) is -0.334. The van der Waals surface area contributed by atoms with Crippen LogP contribution in [-0.4, -0.2) is 98.6 Å². The van der Waals surface area contributed by atoms with Crippen molar-refractivity contribution in [3.8, 4) is 0 Å². The number of likely N-dealkylation sites (tertiary alicyclic amines) is 1. The molecule has 3 rings (SSSR count). The van der Waals surface area contributed by atoms with Gasteiger partial charge in [0.05, 0.1) is 18.1 Å². The average molecular weight is 481 g/mol. The maximum absolute atomic E-state index is 12.8. The SMILES string of the molecule is [B]NPOC(=O)C1=C(CN2CC[C@H](N(C)C(=O)OPN[B])C2)[C@H](C)[C@@H]2C([C@@H](C)O)C(=O)N12. The topological polar surface area (TPSA) is 124 Å². The first-order valence-corrected chi connectivity index (χ1v) is 12.1. The zero-order valence-electron chi connectivity index (χ0n) is 18.2. The van der Waals surface area contributed by atoms with Crippen LogP contribution in [0.1, 0.15) is 20.3 Å². The molecule has 0 spiro atoms. The molecule has 2 amide bonds. The van der Waals surface area contributed by atoms with Crippen LogP contribution in [0.4, 0.5) is 4.79 Å². The lowest BCUT2D eigenvalue weighted by Gasteiger charge is -2.46. The van der Waals surface area contributed by atoms with E-state index in [2.05, 4.69) is 14.9 Å². The molecule has 0 bridgehead atoms. The van der Waals surface area contributed by atoms with E-state index in [0.29, 0.717) is 19.6 Å². The van der Waals surface area contributed by atoms with Crippen LogP contribution in [0.2, 0.25) is 0 Å². The van der Waals surface area contributed by atoms with E-state index in [-0.39, 0.29) is 38.6 Å². The maximum atomic E-state index is 12.8. The van der Waals surface area contributed by atoms with Crippen LogP contribution in [-0.2, 0) is 18.6 Å². The van der Waals surface area contributed by atoms with Crippen LogP contribution in [0.5, 0.6) is 0 Å². The van der Waals surface area contributed by atoms with Gasteiger partial charge in [0, 0.05) is 38.6 Å². The van der Waals surface area contributed by atoms with Crippen molar-refractivity contribution in [1.82, 2.24) is 24.7 Å². The number of aliphatic hydroxyl groups is 1. The number of rotatable bonds is 9. The second-order valence-electron chi connectivity index (χ2n) is 8.17. The lowest BCUT2D eigenvalue weighted by Crippen LogP contribution is -2.63. The molecule has 2 saturated heterocycles. The Morgan fingerprint density at radius 1 is 1.31 bits per heavy atom. The van der Waals surface area contributed by atoms with Gasteiger partial charge in [-0.3, -0.25) is 9.69 Å². The lowest BCUT2D eigenvalue weighted by atomic mass is 9.77. The van der Waals surface area contributed by atoms with Crippen LogP contribution in [0.15, 0.2) is 11.3 Å². The van der Waals surface area contributed by atoms with Gasteiger partial charge in [0.1, 0.15) is 23.6 Å². The Morgan fingerprint density at radius 2 is 1.97 bits per heavy atom. The summed E-state index contributed by atoms with van der Waals surface area (Å²) in [5.74, 6) is -1.57. The van der Waals surface area contributed by atoms with Gasteiger partial charge in [0.2, 0.25) is 5.91 Å². The zero-order chi connectivity index (χ0) is 23.6. The Bertz CT molecular complexity index is 791. The quantitative estimate of drug-likeness (QED) is 0.220. The average Bonchev–Trinajstić information content (AvgIpc) is 3.31. The Labute approximate surface area is 193 Å². The van der Waals surface area contributed by atoms with Crippen LogP contribution in [0.3, 0.4) is 0 Å². The van der Waals surface area contributed by atoms with Crippen molar-refractivity contribution >= 4 is 51.8 Å². The van der Waals surface area contributed by atoms with Gasteiger partial charge >= 0.3 is 12.1 Å². The third kappa shape index (κ3) is 4.83. The molecule has 3 aliphatic heterocycles. The van der Waals surface area contributed by atoms with Gasteiger partial charge in [-0.25, -0.2) is 9.59 Å². The molecule has 0 aromatic heterocycles. The summed E-state index contributed by atoms with van der Waals surface area (Å²) >= 11 is 0. The van der Waals surface area contributed by atoms with Gasteiger partial charge in [-0.05, 0) is 18.9 Å². The van der Waals surface area contributed by atoms with E-state index in [4.69, 9.17) is 25.0 Å². The van der Waals surface area contributed by atoms with E-state index >= 15 is 0 Å². The summed E-state index contributed by atoms with van der Waals surface area (Å²) in [6.45, 7) is 5.29. The number of hydrogen-bond acceptors (Lipinski definition) is 9. The Hall–Kier alpha value is -1.22. The van der Waals surface area contributed by atoms with Crippen molar-refractivity contribution in [3.05, 3.63) is 11.3 Å². The number of nitrogens with one attached hydrogen (secondary N) is 2. The second kappa shape index (κ2) is 10.8. The first-order valence-electron chi connectivity index (χ1n) is 10.2. The Morgan fingerprint density at radius 3 is 2.59 bits per heavy atom. The first-order chi connectivity index (χ1) is 15.2. The van der Waals surface area contributed by atoms with Crippen LogP contribution in [0.25, 0.3) is 0 Å². The molecule has 7 atom stereocenters. The molecule has 0 saturated carbocycles. The summed E-state index contributed by atoms with van der Waals surface area (Å²) in [6.07, 6.45) is -0.529. The highest BCUT2D eigenvalue weighted by atomic mass is 31.1. The minimum absolute atomic E-state index is 0.0513. The summed E-state index contributed by atoms with van der Waals surface area (Å²) in [7, 11) is 11.3.